The second-order valence-corrected chi connectivity index (χ2v) is 3.98. The topological polar surface area (TPSA) is 45.8 Å². The molecule has 0 amide bonds. The van der Waals surface area contributed by atoms with Crippen LogP contribution in [0.1, 0.15) is 15.5 Å². The first-order valence-corrected chi connectivity index (χ1v) is 4.52. The molecule has 0 radical (unpaired) electrons. The van der Waals surface area contributed by atoms with Crippen LogP contribution in [0.5, 0.6) is 0 Å². The number of nitrogens with one attached hydrogen (secondary N) is 1. The molecule has 0 saturated carbocycles. The molecule has 3 nitrogen and oxygen atoms in total. The predicted octanol–water partition coefficient (Wildman–Crippen LogP) is 2.31. The Balaban J connectivity index is 2.64. The number of fused-ring (bicyclic) bond motifs is 1. The van der Waals surface area contributed by atoms with E-state index in [0.29, 0.717) is 5.69 Å². The van der Waals surface area contributed by atoms with Gasteiger partial charge in [-0.3, -0.25) is 4.79 Å². The largest absolute Gasteiger partial charge is 0.335 e. The monoisotopic (exact) mass is 200 g/mol. The molecule has 0 aliphatic heterocycles. The lowest BCUT2D eigenvalue weighted by Crippen LogP contribution is -1.86. The zero-order chi connectivity index (χ0) is 8.72. The summed E-state index contributed by atoms with van der Waals surface area (Å²) in [6, 6.07) is 1.72. The summed E-state index contributed by atoms with van der Waals surface area (Å²) in [4.78, 5) is 17.7. The van der Waals surface area contributed by atoms with E-state index in [1.165, 1.54) is 11.3 Å². The Hall–Kier alpha value is -0.870. The van der Waals surface area contributed by atoms with Gasteiger partial charge < -0.3 is 4.98 Å². The summed E-state index contributed by atoms with van der Waals surface area (Å²) in [6.45, 7) is 1.92. The maximum atomic E-state index is 10.7. The second-order valence-electron chi connectivity index (χ2n) is 2.40. The molecule has 62 valence electrons. The number of rotatable bonds is 1. The lowest BCUT2D eigenvalue weighted by molar-refractivity contribution is 0.107. The number of hydrogen-bond donors (Lipinski definition) is 1. The number of aromatic amines is 1. The fourth-order valence-corrected chi connectivity index (χ4v) is 1.96. The van der Waals surface area contributed by atoms with Crippen molar-refractivity contribution in [2.24, 2.45) is 0 Å². The molecule has 2 rings (SSSR count). The third kappa shape index (κ3) is 1.13. The molecule has 0 aliphatic carbocycles. The molecule has 2 aromatic heterocycles. The fourth-order valence-electron chi connectivity index (χ4n) is 1.03. The molecule has 0 saturated heterocycles. The Kier molecular flexibility index (Phi) is 1.66. The highest BCUT2D eigenvalue weighted by Gasteiger charge is 2.08. The first kappa shape index (κ1) is 7.76. The molecule has 12 heavy (non-hydrogen) atoms. The van der Waals surface area contributed by atoms with Crippen molar-refractivity contribution in [1.82, 2.24) is 9.97 Å². The number of thiazole rings is 1. The van der Waals surface area contributed by atoms with Crippen molar-refractivity contribution in [1.29, 1.82) is 0 Å². The quantitative estimate of drug-likeness (QED) is 0.718. The molecule has 5 heteroatoms. The lowest BCUT2D eigenvalue weighted by Gasteiger charge is -1.82. The van der Waals surface area contributed by atoms with Crippen molar-refractivity contribution in [2.75, 3.05) is 0 Å². The number of aromatic nitrogens is 2. The van der Waals surface area contributed by atoms with Crippen molar-refractivity contribution >= 4 is 38.5 Å². The SMILES string of the molecule is Cc1nc2[nH]c(C(=O)Cl)cc2s1. The average molecular weight is 201 g/mol. The number of H-pyrrole nitrogens is 1. The Bertz CT molecular complexity index is 414. The highest BCUT2D eigenvalue weighted by molar-refractivity contribution is 7.18. The molecule has 0 bridgehead atoms. The van der Waals surface area contributed by atoms with Gasteiger partial charge in [-0.2, -0.15) is 0 Å². The van der Waals surface area contributed by atoms with Gasteiger partial charge in [-0.25, -0.2) is 4.98 Å². The van der Waals surface area contributed by atoms with Gasteiger partial charge in [0.15, 0.2) is 0 Å². The van der Waals surface area contributed by atoms with Crippen LogP contribution in [0.2, 0.25) is 0 Å². The maximum absolute atomic E-state index is 10.7. The van der Waals surface area contributed by atoms with E-state index in [0.717, 1.165) is 15.4 Å². The van der Waals surface area contributed by atoms with E-state index in [-0.39, 0.29) is 0 Å². The van der Waals surface area contributed by atoms with Gasteiger partial charge in [0.1, 0.15) is 11.3 Å². The highest BCUT2D eigenvalue weighted by Crippen LogP contribution is 2.22. The molecule has 2 heterocycles. The fraction of sp³-hybridized carbons (Fsp3) is 0.143. The van der Waals surface area contributed by atoms with Crippen LogP contribution < -0.4 is 0 Å². The summed E-state index contributed by atoms with van der Waals surface area (Å²) < 4.78 is 0.969. The van der Waals surface area contributed by atoms with Gasteiger partial charge in [-0.15, -0.1) is 11.3 Å². The first-order chi connectivity index (χ1) is 5.66. The summed E-state index contributed by atoms with van der Waals surface area (Å²) in [7, 11) is 0. The molecule has 2 aromatic rings. The van der Waals surface area contributed by atoms with E-state index in [2.05, 4.69) is 9.97 Å². The van der Waals surface area contributed by atoms with E-state index in [4.69, 9.17) is 11.6 Å². The molecular formula is C7H5ClN2OS. The van der Waals surface area contributed by atoms with Crippen LogP contribution in [0.4, 0.5) is 0 Å². The van der Waals surface area contributed by atoms with E-state index in [1.807, 2.05) is 6.92 Å². The Morgan fingerprint density at radius 1 is 1.75 bits per heavy atom. The molecule has 1 N–H and O–H groups in total. The molecule has 0 spiro atoms. The van der Waals surface area contributed by atoms with Crippen LogP contribution in [-0.4, -0.2) is 15.2 Å². The van der Waals surface area contributed by atoms with E-state index < -0.39 is 5.24 Å². The van der Waals surface area contributed by atoms with Crippen LogP contribution in [0.15, 0.2) is 6.07 Å². The molecule has 0 aliphatic rings. The normalized spacial score (nSPS) is 10.8. The first-order valence-electron chi connectivity index (χ1n) is 3.33. The van der Waals surface area contributed by atoms with Gasteiger partial charge in [0, 0.05) is 0 Å². The van der Waals surface area contributed by atoms with E-state index in [9.17, 15) is 4.79 Å². The Morgan fingerprint density at radius 3 is 3.08 bits per heavy atom. The van der Waals surface area contributed by atoms with Crippen molar-refractivity contribution < 1.29 is 4.79 Å². The molecule has 0 aromatic carbocycles. The van der Waals surface area contributed by atoms with Crippen molar-refractivity contribution in [2.45, 2.75) is 6.92 Å². The molecule has 0 fully saturated rings. The van der Waals surface area contributed by atoms with E-state index >= 15 is 0 Å². The second kappa shape index (κ2) is 2.57. The Labute approximate surface area is 77.4 Å². The summed E-state index contributed by atoms with van der Waals surface area (Å²) in [6.07, 6.45) is 0. The third-order valence-corrected chi connectivity index (χ3v) is 2.62. The van der Waals surface area contributed by atoms with Gasteiger partial charge in [0.2, 0.25) is 0 Å². The molecule has 0 atom stereocenters. The van der Waals surface area contributed by atoms with Crippen molar-refractivity contribution in [3.8, 4) is 0 Å². The zero-order valence-electron chi connectivity index (χ0n) is 6.22. The number of nitrogens with zero attached hydrogens (tertiary/aromatic N) is 1. The number of aryl methyl sites for hydroxylation is 1. The van der Waals surface area contributed by atoms with Crippen LogP contribution >= 0.6 is 22.9 Å². The predicted molar refractivity (Wildman–Crippen MR) is 48.9 cm³/mol. The third-order valence-electron chi connectivity index (χ3n) is 1.50. The number of halogens is 1. The average Bonchev–Trinajstić information content (AvgIpc) is 2.42. The van der Waals surface area contributed by atoms with Gasteiger partial charge in [-0.05, 0) is 24.6 Å². The van der Waals surface area contributed by atoms with Gasteiger partial charge >= 0.3 is 0 Å². The smallest absolute Gasteiger partial charge is 0.268 e. The zero-order valence-corrected chi connectivity index (χ0v) is 7.79. The minimum atomic E-state index is -0.474. The summed E-state index contributed by atoms with van der Waals surface area (Å²) in [5.41, 5.74) is 1.15. The maximum Gasteiger partial charge on any atom is 0.268 e. The molecular weight excluding hydrogens is 196 g/mol. The summed E-state index contributed by atoms with van der Waals surface area (Å²) >= 11 is 6.82. The van der Waals surface area contributed by atoms with Gasteiger partial charge in [-0.1, -0.05) is 0 Å². The minimum absolute atomic E-state index is 0.408. The lowest BCUT2D eigenvalue weighted by atomic mass is 10.5. The van der Waals surface area contributed by atoms with Crippen molar-refractivity contribution in [3.63, 3.8) is 0 Å². The minimum Gasteiger partial charge on any atom is -0.335 e. The standard InChI is InChI=1S/C7H5ClN2OS/c1-3-9-7-5(12-3)2-4(10-7)6(8)11/h2,10H,1H3. The van der Waals surface area contributed by atoms with E-state index in [1.54, 1.807) is 6.07 Å². The Morgan fingerprint density at radius 2 is 2.50 bits per heavy atom. The van der Waals surface area contributed by atoms with Crippen LogP contribution in [0.25, 0.3) is 10.3 Å². The number of carbonyl (C=O) groups excluding carboxylic acids is 1. The molecule has 0 unspecified atom stereocenters. The van der Waals surface area contributed by atoms with Crippen LogP contribution in [-0.2, 0) is 0 Å². The highest BCUT2D eigenvalue weighted by atomic mass is 35.5. The van der Waals surface area contributed by atoms with Crippen LogP contribution in [0.3, 0.4) is 0 Å². The summed E-state index contributed by atoms with van der Waals surface area (Å²) in [5, 5.41) is 0.502. The number of hydrogen-bond acceptors (Lipinski definition) is 3. The van der Waals surface area contributed by atoms with Gasteiger partial charge in [0.05, 0.1) is 9.71 Å². The van der Waals surface area contributed by atoms with Crippen molar-refractivity contribution in [3.05, 3.63) is 16.8 Å². The summed E-state index contributed by atoms with van der Waals surface area (Å²) in [5.74, 6) is 0. The van der Waals surface area contributed by atoms with Crippen LogP contribution in [0, 0.1) is 6.92 Å². The number of carbonyl (C=O) groups is 1. The van der Waals surface area contributed by atoms with Gasteiger partial charge in [0.25, 0.3) is 5.24 Å².